The van der Waals surface area contributed by atoms with E-state index in [-0.39, 0.29) is 5.54 Å². The molecule has 4 heteroatoms. The fourth-order valence-corrected chi connectivity index (χ4v) is 3.58. The molecule has 2 aliphatic rings. The average Bonchev–Trinajstić information content (AvgIpc) is 2.95. The van der Waals surface area contributed by atoms with Crippen LogP contribution in [-0.2, 0) is 17.6 Å². The number of nitrogens with zero attached hydrogens (tertiary/aromatic N) is 2. The number of hydrogen-bond donors (Lipinski definition) is 1. The van der Waals surface area contributed by atoms with Crippen LogP contribution in [-0.4, -0.2) is 18.2 Å². The maximum Gasteiger partial charge on any atom is 0.282 e. The summed E-state index contributed by atoms with van der Waals surface area (Å²) in [5, 5.41) is 8.96. The Kier molecular flexibility index (Phi) is 3.09. The fourth-order valence-electron chi connectivity index (χ4n) is 3.58. The van der Waals surface area contributed by atoms with E-state index in [1.807, 2.05) is 24.3 Å². The van der Waals surface area contributed by atoms with Crippen LogP contribution >= 0.6 is 0 Å². The van der Waals surface area contributed by atoms with Gasteiger partial charge < -0.3 is 10.5 Å². The summed E-state index contributed by atoms with van der Waals surface area (Å²) in [6.07, 6.45) is 2.80. The van der Waals surface area contributed by atoms with Crippen LogP contribution in [0.5, 0.6) is 0 Å². The van der Waals surface area contributed by atoms with Crippen LogP contribution in [0.25, 0.3) is 11.1 Å². The van der Waals surface area contributed by atoms with Gasteiger partial charge in [-0.1, -0.05) is 30.3 Å². The standard InChI is InChI=1S/C19H17N3O/c20-11-13-4-6-15(7-5-13)16-3-1-2-14-8-9-19(10-17(14)16)12-23-18(21)22-19/h1-7H,8-10,12H2,(H2,21,22). The molecule has 1 aliphatic carbocycles. The monoisotopic (exact) mass is 303 g/mol. The topological polar surface area (TPSA) is 71.4 Å². The van der Waals surface area contributed by atoms with Gasteiger partial charge in [-0.05, 0) is 47.2 Å². The first kappa shape index (κ1) is 13.8. The first-order chi connectivity index (χ1) is 11.2. The lowest BCUT2D eigenvalue weighted by Crippen LogP contribution is -2.35. The predicted molar refractivity (Wildman–Crippen MR) is 88.9 cm³/mol. The van der Waals surface area contributed by atoms with Crippen LogP contribution in [0, 0.1) is 11.3 Å². The molecule has 1 spiro atoms. The summed E-state index contributed by atoms with van der Waals surface area (Å²) in [7, 11) is 0. The number of benzene rings is 2. The zero-order valence-electron chi connectivity index (χ0n) is 12.7. The second-order valence-electron chi connectivity index (χ2n) is 6.27. The minimum atomic E-state index is -0.209. The Hall–Kier alpha value is -2.80. The molecule has 0 saturated carbocycles. The quantitative estimate of drug-likeness (QED) is 0.880. The molecule has 2 N–H and O–H groups in total. The van der Waals surface area contributed by atoms with Crippen LogP contribution in [0.15, 0.2) is 47.5 Å². The van der Waals surface area contributed by atoms with Crippen LogP contribution in [0.3, 0.4) is 0 Å². The van der Waals surface area contributed by atoms with Crippen LogP contribution in [0.4, 0.5) is 0 Å². The van der Waals surface area contributed by atoms with Crippen molar-refractivity contribution in [1.82, 2.24) is 0 Å². The highest BCUT2D eigenvalue weighted by Gasteiger charge is 2.40. The van der Waals surface area contributed by atoms with E-state index in [4.69, 9.17) is 15.7 Å². The summed E-state index contributed by atoms with van der Waals surface area (Å²) < 4.78 is 5.43. The average molecular weight is 303 g/mol. The van der Waals surface area contributed by atoms with Gasteiger partial charge in [0.05, 0.1) is 11.6 Å². The van der Waals surface area contributed by atoms with Crippen molar-refractivity contribution in [3.8, 4) is 17.2 Å². The van der Waals surface area contributed by atoms with E-state index in [0.29, 0.717) is 18.2 Å². The lowest BCUT2D eigenvalue weighted by atomic mass is 9.76. The largest absolute Gasteiger partial charge is 0.463 e. The Morgan fingerprint density at radius 2 is 2.00 bits per heavy atom. The molecule has 1 aliphatic heterocycles. The third kappa shape index (κ3) is 2.35. The summed E-state index contributed by atoms with van der Waals surface area (Å²) in [5.74, 6) is 0. The minimum Gasteiger partial charge on any atom is -0.463 e. The molecule has 1 heterocycles. The summed E-state index contributed by atoms with van der Waals surface area (Å²) in [4.78, 5) is 4.57. The van der Waals surface area contributed by atoms with Gasteiger partial charge in [-0.25, -0.2) is 4.99 Å². The third-order valence-electron chi connectivity index (χ3n) is 4.80. The van der Waals surface area contributed by atoms with Crippen LogP contribution in [0.1, 0.15) is 23.1 Å². The Bertz CT molecular complexity index is 833. The Morgan fingerprint density at radius 1 is 1.17 bits per heavy atom. The lowest BCUT2D eigenvalue weighted by Gasteiger charge is -2.31. The first-order valence-electron chi connectivity index (χ1n) is 7.79. The smallest absolute Gasteiger partial charge is 0.282 e. The summed E-state index contributed by atoms with van der Waals surface area (Å²) in [6, 6.07) is 16.7. The number of nitriles is 1. The van der Waals surface area contributed by atoms with Crippen molar-refractivity contribution in [2.24, 2.45) is 10.7 Å². The van der Waals surface area contributed by atoms with E-state index in [0.717, 1.165) is 24.8 Å². The molecule has 23 heavy (non-hydrogen) atoms. The van der Waals surface area contributed by atoms with Crippen molar-refractivity contribution in [2.45, 2.75) is 24.8 Å². The molecule has 1 unspecified atom stereocenters. The second-order valence-corrected chi connectivity index (χ2v) is 6.27. The highest BCUT2D eigenvalue weighted by atomic mass is 16.5. The highest BCUT2D eigenvalue weighted by molar-refractivity contribution is 5.75. The number of hydrogen-bond acceptors (Lipinski definition) is 4. The molecule has 0 bridgehead atoms. The van der Waals surface area contributed by atoms with E-state index in [2.05, 4.69) is 29.3 Å². The molecule has 0 aromatic heterocycles. The van der Waals surface area contributed by atoms with E-state index in [1.165, 1.54) is 16.7 Å². The first-order valence-corrected chi connectivity index (χ1v) is 7.79. The van der Waals surface area contributed by atoms with Crippen molar-refractivity contribution in [3.05, 3.63) is 59.2 Å². The molecule has 1 atom stereocenters. The van der Waals surface area contributed by atoms with Gasteiger partial charge in [-0.2, -0.15) is 5.26 Å². The van der Waals surface area contributed by atoms with Crippen molar-refractivity contribution in [2.75, 3.05) is 6.61 Å². The second kappa shape index (κ2) is 5.13. The molecule has 0 saturated heterocycles. The SMILES string of the molecule is N#Cc1ccc(-c2cccc3c2CC2(CC3)COC(N)=N2)cc1. The maximum atomic E-state index is 8.96. The molecule has 114 valence electrons. The predicted octanol–water partition coefficient (Wildman–Crippen LogP) is 2.80. The van der Waals surface area contributed by atoms with Gasteiger partial charge in [-0.3, -0.25) is 0 Å². The molecular formula is C19H17N3O. The normalized spacial score (nSPS) is 22.1. The summed E-state index contributed by atoms with van der Waals surface area (Å²) in [6.45, 7) is 0.569. The molecule has 4 rings (SSSR count). The van der Waals surface area contributed by atoms with Gasteiger partial charge >= 0.3 is 0 Å². The number of aryl methyl sites for hydroxylation is 1. The number of aliphatic imine (C=N–C) groups is 1. The number of fused-ring (bicyclic) bond motifs is 1. The van der Waals surface area contributed by atoms with E-state index in [9.17, 15) is 0 Å². The summed E-state index contributed by atoms with van der Waals surface area (Å²) in [5.41, 5.74) is 11.3. The molecular weight excluding hydrogens is 286 g/mol. The van der Waals surface area contributed by atoms with Crippen LogP contribution < -0.4 is 5.73 Å². The molecule has 4 nitrogen and oxygen atoms in total. The molecule has 0 radical (unpaired) electrons. The van der Waals surface area contributed by atoms with Gasteiger partial charge in [0.1, 0.15) is 12.1 Å². The summed E-state index contributed by atoms with van der Waals surface area (Å²) >= 11 is 0. The van der Waals surface area contributed by atoms with Crippen LogP contribution in [0.2, 0.25) is 0 Å². The van der Waals surface area contributed by atoms with Crippen molar-refractivity contribution >= 4 is 6.02 Å². The van der Waals surface area contributed by atoms with E-state index >= 15 is 0 Å². The Labute approximate surface area is 135 Å². The Morgan fingerprint density at radius 3 is 2.70 bits per heavy atom. The van der Waals surface area contributed by atoms with Gasteiger partial charge in [0.25, 0.3) is 6.02 Å². The number of nitrogens with two attached hydrogens (primary N) is 1. The number of rotatable bonds is 1. The van der Waals surface area contributed by atoms with E-state index in [1.54, 1.807) is 0 Å². The molecule has 2 aromatic rings. The molecule has 2 aromatic carbocycles. The van der Waals surface area contributed by atoms with E-state index < -0.39 is 0 Å². The van der Waals surface area contributed by atoms with Gasteiger partial charge in [0.2, 0.25) is 0 Å². The molecule has 0 fully saturated rings. The number of ether oxygens (including phenoxy) is 1. The van der Waals surface area contributed by atoms with Gasteiger partial charge in [0.15, 0.2) is 0 Å². The fraction of sp³-hybridized carbons (Fsp3) is 0.263. The Balaban J connectivity index is 1.77. The number of amidine groups is 1. The van der Waals surface area contributed by atoms with Gasteiger partial charge in [0, 0.05) is 6.42 Å². The van der Waals surface area contributed by atoms with Crippen molar-refractivity contribution < 1.29 is 4.74 Å². The lowest BCUT2D eigenvalue weighted by molar-refractivity contribution is 0.235. The zero-order valence-corrected chi connectivity index (χ0v) is 12.7. The van der Waals surface area contributed by atoms with Crippen molar-refractivity contribution in [3.63, 3.8) is 0 Å². The zero-order chi connectivity index (χ0) is 15.9. The highest BCUT2D eigenvalue weighted by Crippen LogP contribution is 2.39. The van der Waals surface area contributed by atoms with Gasteiger partial charge in [-0.15, -0.1) is 0 Å². The molecule has 0 amide bonds. The third-order valence-corrected chi connectivity index (χ3v) is 4.80. The van der Waals surface area contributed by atoms with Crippen molar-refractivity contribution in [1.29, 1.82) is 5.26 Å². The maximum absolute atomic E-state index is 8.96. The minimum absolute atomic E-state index is 0.209.